The SMILES string of the molecule is CCOc1ccc2[nH]c(=O)c(C3NCCc4[nH]cnc43)cc2c1. The van der Waals surface area contributed by atoms with Crippen molar-refractivity contribution < 1.29 is 4.74 Å². The van der Waals surface area contributed by atoms with Crippen LogP contribution in [0.25, 0.3) is 10.9 Å². The maximum absolute atomic E-state index is 12.5. The molecular weight excluding hydrogens is 292 g/mol. The van der Waals surface area contributed by atoms with Gasteiger partial charge in [-0.05, 0) is 31.2 Å². The van der Waals surface area contributed by atoms with E-state index in [1.807, 2.05) is 31.2 Å². The zero-order valence-electron chi connectivity index (χ0n) is 12.8. The molecule has 0 spiro atoms. The number of H-pyrrole nitrogens is 2. The Hall–Kier alpha value is -2.60. The first-order valence-electron chi connectivity index (χ1n) is 7.81. The number of nitrogens with one attached hydrogen (secondary N) is 3. The molecule has 1 aliphatic rings. The average molecular weight is 310 g/mol. The van der Waals surface area contributed by atoms with Crippen molar-refractivity contribution in [2.24, 2.45) is 0 Å². The summed E-state index contributed by atoms with van der Waals surface area (Å²) < 4.78 is 5.55. The third kappa shape index (κ3) is 2.41. The molecule has 1 atom stereocenters. The first kappa shape index (κ1) is 14.0. The number of rotatable bonds is 3. The Balaban J connectivity index is 1.84. The Morgan fingerprint density at radius 1 is 1.35 bits per heavy atom. The summed E-state index contributed by atoms with van der Waals surface area (Å²) in [7, 11) is 0. The zero-order valence-corrected chi connectivity index (χ0v) is 12.8. The molecule has 0 radical (unpaired) electrons. The van der Waals surface area contributed by atoms with Crippen molar-refractivity contribution in [2.75, 3.05) is 13.2 Å². The second-order valence-electron chi connectivity index (χ2n) is 5.64. The van der Waals surface area contributed by atoms with Crippen LogP contribution in [-0.4, -0.2) is 28.1 Å². The van der Waals surface area contributed by atoms with Crippen molar-refractivity contribution in [2.45, 2.75) is 19.4 Å². The van der Waals surface area contributed by atoms with E-state index in [1.165, 1.54) is 0 Å². The van der Waals surface area contributed by atoms with Gasteiger partial charge in [-0.15, -0.1) is 0 Å². The number of imidazole rings is 1. The molecule has 4 rings (SSSR count). The van der Waals surface area contributed by atoms with Gasteiger partial charge in [0.05, 0.1) is 24.7 Å². The minimum atomic E-state index is -0.186. The number of benzene rings is 1. The van der Waals surface area contributed by atoms with Crippen molar-refractivity contribution in [3.63, 3.8) is 0 Å². The lowest BCUT2D eigenvalue weighted by atomic mass is 9.98. The molecule has 3 N–H and O–H groups in total. The number of pyridine rings is 1. The van der Waals surface area contributed by atoms with Crippen LogP contribution < -0.4 is 15.6 Å². The lowest BCUT2D eigenvalue weighted by Gasteiger charge is -2.23. The monoisotopic (exact) mass is 310 g/mol. The topological polar surface area (TPSA) is 82.8 Å². The van der Waals surface area contributed by atoms with Gasteiger partial charge in [0.1, 0.15) is 5.75 Å². The molecule has 2 aromatic heterocycles. The molecule has 0 amide bonds. The number of aromatic amines is 2. The summed E-state index contributed by atoms with van der Waals surface area (Å²) in [5.41, 5.74) is 3.40. The van der Waals surface area contributed by atoms with E-state index in [0.717, 1.165) is 41.0 Å². The summed E-state index contributed by atoms with van der Waals surface area (Å²) in [6.45, 7) is 3.38. The van der Waals surface area contributed by atoms with E-state index >= 15 is 0 Å². The maximum Gasteiger partial charge on any atom is 0.253 e. The fourth-order valence-corrected chi connectivity index (χ4v) is 3.15. The normalized spacial score (nSPS) is 17.2. The number of nitrogens with zero attached hydrogens (tertiary/aromatic N) is 1. The predicted octanol–water partition coefficient (Wildman–Crippen LogP) is 1.88. The first-order valence-corrected chi connectivity index (χ1v) is 7.81. The van der Waals surface area contributed by atoms with Gasteiger partial charge in [-0.1, -0.05) is 0 Å². The number of hydrogen-bond donors (Lipinski definition) is 3. The smallest absolute Gasteiger partial charge is 0.253 e. The van der Waals surface area contributed by atoms with Gasteiger partial charge >= 0.3 is 0 Å². The highest BCUT2D eigenvalue weighted by atomic mass is 16.5. The van der Waals surface area contributed by atoms with Crippen LogP contribution in [0.3, 0.4) is 0 Å². The van der Waals surface area contributed by atoms with Crippen LogP contribution in [0, 0.1) is 0 Å². The van der Waals surface area contributed by atoms with Gasteiger partial charge < -0.3 is 20.0 Å². The molecule has 3 heterocycles. The number of ether oxygens (including phenoxy) is 1. The molecule has 0 saturated heterocycles. The summed E-state index contributed by atoms with van der Waals surface area (Å²) in [6.07, 6.45) is 2.58. The predicted molar refractivity (Wildman–Crippen MR) is 87.9 cm³/mol. The van der Waals surface area contributed by atoms with E-state index in [-0.39, 0.29) is 11.6 Å². The largest absolute Gasteiger partial charge is 0.494 e. The number of fused-ring (bicyclic) bond motifs is 2. The second kappa shape index (κ2) is 5.55. The highest BCUT2D eigenvalue weighted by Crippen LogP contribution is 2.26. The van der Waals surface area contributed by atoms with E-state index in [4.69, 9.17) is 4.74 Å². The minimum Gasteiger partial charge on any atom is -0.494 e. The third-order valence-electron chi connectivity index (χ3n) is 4.21. The van der Waals surface area contributed by atoms with E-state index in [2.05, 4.69) is 20.3 Å². The molecule has 0 fully saturated rings. The van der Waals surface area contributed by atoms with Crippen molar-refractivity contribution >= 4 is 10.9 Å². The Morgan fingerprint density at radius 3 is 3.13 bits per heavy atom. The van der Waals surface area contributed by atoms with Crippen molar-refractivity contribution in [1.29, 1.82) is 0 Å². The van der Waals surface area contributed by atoms with Gasteiger partial charge in [0.25, 0.3) is 5.56 Å². The Kier molecular flexibility index (Phi) is 3.38. The van der Waals surface area contributed by atoms with E-state index < -0.39 is 0 Å². The first-order chi connectivity index (χ1) is 11.3. The molecule has 0 bridgehead atoms. The van der Waals surface area contributed by atoms with E-state index in [9.17, 15) is 4.79 Å². The third-order valence-corrected chi connectivity index (χ3v) is 4.21. The van der Waals surface area contributed by atoms with E-state index in [1.54, 1.807) is 6.33 Å². The van der Waals surface area contributed by atoms with Crippen LogP contribution in [0.4, 0.5) is 0 Å². The lowest BCUT2D eigenvalue weighted by Crippen LogP contribution is -2.34. The molecule has 1 aromatic carbocycles. The summed E-state index contributed by atoms with van der Waals surface area (Å²) in [4.78, 5) is 23.0. The summed E-state index contributed by atoms with van der Waals surface area (Å²) >= 11 is 0. The standard InChI is InChI=1S/C17H18N4O2/c1-2-23-11-3-4-13-10(7-11)8-12(17(22)21-13)15-16-14(5-6-18-15)19-9-20-16/h3-4,7-9,15,18H,2,5-6H2,1H3,(H,19,20)(H,21,22). The van der Waals surface area contributed by atoms with Gasteiger partial charge in [-0.2, -0.15) is 0 Å². The van der Waals surface area contributed by atoms with Crippen molar-refractivity contribution in [1.82, 2.24) is 20.3 Å². The second-order valence-corrected chi connectivity index (χ2v) is 5.64. The summed E-state index contributed by atoms with van der Waals surface area (Å²) in [6, 6.07) is 7.44. The van der Waals surface area contributed by atoms with E-state index in [0.29, 0.717) is 12.2 Å². The minimum absolute atomic E-state index is 0.0880. The molecule has 0 aliphatic carbocycles. The molecule has 0 saturated carbocycles. The Morgan fingerprint density at radius 2 is 2.26 bits per heavy atom. The number of hydrogen-bond acceptors (Lipinski definition) is 4. The molecule has 23 heavy (non-hydrogen) atoms. The quantitative estimate of drug-likeness (QED) is 0.690. The van der Waals surface area contributed by atoms with Crippen LogP contribution in [0.2, 0.25) is 0 Å². The molecule has 6 heteroatoms. The fourth-order valence-electron chi connectivity index (χ4n) is 3.15. The average Bonchev–Trinajstić information content (AvgIpc) is 3.03. The van der Waals surface area contributed by atoms with Gasteiger partial charge in [0.15, 0.2) is 0 Å². The van der Waals surface area contributed by atoms with Crippen LogP contribution in [0.15, 0.2) is 35.4 Å². The van der Waals surface area contributed by atoms with Gasteiger partial charge in [0.2, 0.25) is 0 Å². The molecule has 1 aliphatic heterocycles. The Labute approximate surface area is 132 Å². The maximum atomic E-state index is 12.5. The highest BCUT2D eigenvalue weighted by Gasteiger charge is 2.26. The molecular formula is C17H18N4O2. The molecule has 118 valence electrons. The van der Waals surface area contributed by atoms with Crippen LogP contribution in [-0.2, 0) is 6.42 Å². The number of aromatic nitrogens is 3. The van der Waals surface area contributed by atoms with Crippen molar-refractivity contribution in [3.05, 3.63) is 57.9 Å². The fraction of sp³-hybridized carbons (Fsp3) is 0.294. The van der Waals surface area contributed by atoms with Gasteiger partial charge in [-0.25, -0.2) is 4.98 Å². The molecule has 3 aromatic rings. The van der Waals surface area contributed by atoms with Crippen LogP contribution >= 0.6 is 0 Å². The molecule has 6 nitrogen and oxygen atoms in total. The Bertz CT molecular complexity index is 912. The zero-order chi connectivity index (χ0) is 15.8. The summed E-state index contributed by atoms with van der Waals surface area (Å²) in [5.74, 6) is 0.801. The summed E-state index contributed by atoms with van der Waals surface area (Å²) in [5, 5.41) is 4.34. The van der Waals surface area contributed by atoms with Crippen molar-refractivity contribution in [3.8, 4) is 5.75 Å². The highest BCUT2D eigenvalue weighted by molar-refractivity contribution is 5.80. The van der Waals surface area contributed by atoms with Gasteiger partial charge in [0, 0.05) is 35.1 Å². The van der Waals surface area contributed by atoms with Gasteiger partial charge in [-0.3, -0.25) is 4.79 Å². The van der Waals surface area contributed by atoms with Crippen LogP contribution in [0.5, 0.6) is 5.75 Å². The van der Waals surface area contributed by atoms with Crippen LogP contribution in [0.1, 0.15) is 29.9 Å². The molecule has 1 unspecified atom stereocenters. The lowest BCUT2D eigenvalue weighted by molar-refractivity contribution is 0.340.